The molecule has 1 aromatic carbocycles. The average Bonchev–Trinajstić information content (AvgIpc) is 3.22. The lowest BCUT2D eigenvalue weighted by atomic mass is 10.2. The Morgan fingerprint density at radius 3 is 3.00 bits per heavy atom. The van der Waals surface area contributed by atoms with Crippen LogP contribution in [0.1, 0.15) is 5.89 Å². The Bertz CT molecular complexity index is 1070. The molecule has 0 radical (unpaired) electrons. The van der Waals surface area contributed by atoms with Gasteiger partial charge in [0.2, 0.25) is 11.7 Å². The maximum Gasteiger partial charge on any atom is 0.269 e. The van der Waals surface area contributed by atoms with Crippen LogP contribution >= 0.6 is 34.7 Å². The van der Waals surface area contributed by atoms with E-state index in [4.69, 9.17) is 16.1 Å². The van der Waals surface area contributed by atoms with Crippen LogP contribution in [0.25, 0.3) is 21.6 Å². The minimum Gasteiger partial charge on any atom is -0.338 e. The van der Waals surface area contributed by atoms with Crippen molar-refractivity contribution in [2.75, 3.05) is 0 Å². The molecule has 1 N–H and O–H groups in total. The van der Waals surface area contributed by atoms with E-state index >= 15 is 0 Å². The van der Waals surface area contributed by atoms with Gasteiger partial charge in [-0.3, -0.25) is 4.79 Å². The van der Waals surface area contributed by atoms with Crippen molar-refractivity contribution in [1.29, 1.82) is 0 Å². The largest absolute Gasteiger partial charge is 0.338 e. The van der Waals surface area contributed by atoms with Crippen LogP contribution in [0.3, 0.4) is 0 Å². The summed E-state index contributed by atoms with van der Waals surface area (Å²) in [5.74, 6) is 1.27. The quantitative estimate of drug-likeness (QED) is 0.428. The minimum absolute atomic E-state index is 0.139. The number of hydrogen-bond donors (Lipinski definition) is 1. The molecule has 3 heterocycles. The maximum atomic E-state index is 11.9. The van der Waals surface area contributed by atoms with Gasteiger partial charge >= 0.3 is 0 Å². The number of fused-ring (bicyclic) bond motifs is 1. The van der Waals surface area contributed by atoms with Crippen molar-refractivity contribution in [2.24, 2.45) is 0 Å². The molecule has 0 bridgehead atoms. The van der Waals surface area contributed by atoms with Gasteiger partial charge in [-0.15, -0.1) is 11.3 Å². The summed E-state index contributed by atoms with van der Waals surface area (Å²) in [5, 5.41) is 6.87. The zero-order chi connectivity index (χ0) is 16.5. The first-order valence-electron chi connectivity index (χ1n) is 6.88. The van der Waals surface area contributed by atoms with Crippen LogP contribution in [0.5, 0.6) is 0 Å². The molecule has 0 atom stereocenters. The van der Waals surface area contributed by atoms with E-state index in [2.05, 4.69) is 20.1 Å². The highest BCUT2D eigenvalue weighted by Gasteiger charge is 2.13. The van der Waals surface area contributed by atoms with Crippen molar-refractivity contribution in [2.45, 2.75) is 10.9 Å². The first kappa shape index (κ1) is 15.4. The third kappa shape index (κ3) is 2.95. The monoisotopic (exact) mass is 376 g/mol. The summed E-state index contributed by atoms with van der Waals surface area (Å²) >= 11 is 8.83. The molecule has 3 aromatic heterocycles. The highest BCUT2D eigenvalue weighted by molar-refractivity contribution is 7.98. The number of nitrogens with zero attached hydrogens (tertiary/aromatic N) is 3. The van der Waals surface area contributed by atoms with Gasteiger partial charge in [-0.05, 0) is 23.6 Å². The molecule has 9 heteroatoms. The van der Waals surface area contributed by atoms with Crippen molar-refractivity contribution in [3.05, 3.63) is 57.0 Å². The summed E-state index contributed by atoms with van der Waals surface area (Å²) in [4.78, 5) is 23.4. The number of nitrogens with one attached hydrogen (secondary N) is 1. The molecule has 0 aliphatic heterocycles. The minimum atomic E-state index is -0.139. The molecule has 4 rings (SSSR count). The number of H-pyrrole nitrogens is 1. The Morgan fingerprint density at radius 1 is 1.25 bits per heavy atom. The molecule has 24 heavy (non-hydrogen) atoms. The molecule has 0 saturated heterocycles. The standard InChI is InChI=1S/C15H9ClN4O2S2/c16-9-4-2-1-3-8(9)13-18-11(22-20-13)7-24-15-17-10-5-6-23-12(10)14(21)19-15/h1-6H,7H2,(H,17,19,21). The molecule has 0 unspecified atom stereocenters. The van der Waals surface area contributed by atoms with Gasteiger partial charge in [0.15, 0.2) is 5.16 Å². The number of benzene rings is 1. The number of aromatic nitrogens is 4. The van der Waals surface area contributed by atoms with Crippen LogP contribution in [0.2, 0.25) is 5.02 Å². The number of thiophene rings is 1. The van der Waals surface area contributed by atoms with Crippen molar-refractivity contribution < 1.29 is 4.52 Å². The van der Waals surface area contributed by atoms with E-state index < -0.39 is 0 Å². The van der Waals surface area contributed by atoms with Gasteiger partial charge in [-0.1, -0.05) is 40.7 Å². The Hall–Kier alpha value is -2.16. The van der Waals surface area contributed by atoms with E-state index in [0.29, 0.717) is 43.4 Å². The first-order valence-corrected chi connectivity index (χ1v) is 9.13. The highest BCUT2D eigenvalue weighted by Crippen LogP contribution is 2.26. The molecular formula is C15H9ClN4O2S2. The number of rotatable bonds is 4. The summed E-state index contributed by atoms with van der Waals surface area (Å²) < 4.78 is 5.86. The summed E-state index contributed by atoms with van der Waals surface area (Å²) in [7, 11) is 0. The van der Waals surface area contributed by atoms with E-state index in [1.54, 1.807) is 6.07 Å². The van der Waals surface area contributed by atoms with Crippen LogP contribution in [0.15, 0.2) is 50.2 Å². The summed E-state index contributed by atoms with van der Waals surface area (Å²) in [6.45, 7) is 0. The van der Waals surface area contributed by atoms with Gasteiger partial charge in [0.1, 0.15) is 4.70 Å². The first-order chi connectivity index (χ1) is 11.7. The molecule has 0 aliphatic carbocycles. The van der Waals surface area contributed by atoms with Gasteiger partial charge in [-0.25, -0.2) is 4.98 Å². The number of thioether (sulfide) groups is 1. The average molecular weight is 377 g/mol. The second-order valence-electron chi connectivity index (χ2n) is 4.79. The van der Waals surface area contributed by atoms with Crippen molar-refractivity contribution in [3.63, 3.8) is 0 Å². The number of aromatic amines is 1. The Kier molecular flexibility index (Phi) is 4.09. The van der Waals surface area contributed by atoms with Gasteiger partial charge in [0.05, 0.1) is 16.3 Å². The summed E-state index contributed by atoms with van der Waals surface area (Å²) in [5.41, 5.74) is 1.26. The molecule has 0 saturated carbocycles. The van der Waals surface area contributed by atoms with Crippen molar-refractivity contribution in [1.82, 2.24) is 20.1 Å². The molecule has 4 aromatic rings. The molecule has 0 spiro atoms. The molecule has 6 nitrogen and oxygen atoms in total. The fourth-order valence-electron chi connectivity index (χ4n) is 2.12. The Labute approximate surface area is 148 Å². The van der Waals surface area contributed by atoms with Crippen LogP contribution in [0, 0.1) is 0 Å². The van der Waals surface area contributed by atoms with Crippen LogP contribution in [-0.2, 0) is 5.75 Å². The zero-order valence-electron chi connectivity index (χ0n) is 12.0. The number of hydrogen-bond acceptors (Lipinski definition) is 7. The fraction of sp³-hybridized carbons (Fsp3) is 0.0667. The molecule has 0 aliphatic rings. The molecular weight excluding hydrogens is 368 g/mol. The second kappa shape index (κ2) is 6.39. The Balaban J connectivity index is 1.54. The number of halogens is 1. The maximum absolute atomic E-state index is 11.9. The van der Waals surface area contributed by atoms with Crippen LogP contribution < -0.4 is 5.56 Å². The van der Waals surface area contributed by atoms with Crippen molar-refractivity contribution >= 4 is 44.9 Å². The second-order valence-corrected chi connectivity index (χ2v) is 7.07. The van der Waals surface area contributed by atoms with E-state index in [0.717, 1.165) is 0 Å². The highest BCUT2D eigenvalue weighted by atomic mass is 35.5. The van der Waals surface area contributed by atoms with Gasteiger partial charge in [0.25, 0.3) is 5.56 Å². The zero-order valence-corrected chi connectivity index (χ0v) is 14.4. The normalized spacial score (nSPS) is 11.2. The lowest BCUT2D eigenvalue weighted by Gasteiger charge is -1.98. The third-order valence-corrected chi connectivity index (χ3v) is 5.30. The van der Waals surface area contributed by atoms with Gasteiger partial charge in [-0.2, -0.15) is 4.98 Å². The SMILES string of the molecule is O=c1[nH]c(SCc2nc(-c3ccccc3Cl)no2)nc2ccsc12. The predicted molar refractivity (Wildman–Crippen MR) is 94.5 cm³/mol. The van der Waals surface area contributed by atoms with Crippen molar-refractivity contribution in [3.8, 4) is 11.4 Å². The topological polar surface area (TPSA) is 84.7 Å². The predicted octanol–water partition coefficient (Wildman–Crippen LogP) is 3.98. The molecule has 120 valence electrons. The van der Waals surface area contributed by atoms with Gasteiger partial charge in [0, 0.05) is 5.56 Å². The summed E-state index contributed by atoms with van der Waals surface area (Å²) in [6, 6.07) is 9.11. The smallest absolute Gasteiger partial charge is 0.269 e. The van der Waals surface area contributed by atoms with E-state index in [1.165, 1.54) is 23.1 Å². The summed E-state index contributed by atoms with van der Waals surface area (Å²) in [6.07, 6.45) is 0. The lowest BCUT2D eigenvalue weighted by Crippen LogP contribution is -2.07. The molecule has 0 fully saturated rings. The van der Waals surface area contributed by atoms with E-state index in [1.807, 2.05) is 29.6 Å². The third-order valence-electron chi connectivity index (χ3n) is 3.21. The fourth-order valence-corrected chi connectivity index (χ4v) is 3.77. The van der Waals surface area contributed by atoms with E-state index in [-0.39, 0.29) is 5.56 Å². The van der Waals surface area contributed by atoms with Crippen LogP contribution in [-0.4, -0.2) is 20.1 Å². The van der Waals surface area contributed by atoms with E-state index in [9.17, 15) is 4.79 Å². The van der Waals surface area contributed by atoms with Crippen LogP contribution in [0.4, 0.5) is 0 Å². The van der Waals surface area contributed by atoms with Gasteiger partial charge < -0.3 is 9.51 Å². The molecule has 0 amide bonds. The lowest BCUT2D eigenvalue weighted by molar-refractivity contribution is 0.391. The Morgan fingerprint density at radius 2 is 2.12 bits per heavy atom.